The van der Waals surface area contributed by atoms with Crippen LogP contribution in [0.25, 0.3) is 0 Å². The Balaban J connectivity index is 2.24. The van der Waals surface area contributed by atoms with Gasteiger partial charge in [-0.3, -0.25) is 4.72 Å². The molecule has 0 unspecified atom stereocenters. The molecule has 0 saturated heterocycles. The zero-order valence-corrected chi connectivity index (χ0v) is 15.3. The summed E-state index contributed by atoms with van der Waals surface area (Å²) in [6.07, 6.45) is 1.03. The number of anilines is 2. The molecule has 0 aromatic heterocycles. The fourth-order valence-electron chi connectivity index (χ4n) is 2.41. The molecule has 0 aliphatic rings. The summed E-state index contributed by atoms with van der Waals surface area (Å²) in [6.45, 7) is 6.56. The van der Waals surface area contributed by atoms with Crippen LogP contribution in [-0.2, 0) is 10.0 Å². The lowest BCUT2D eigenvalue weighted by Crippen LogP contribution is -2.14. The molecule has 2 rings (SSSR count). The van der Waals surface area contributed by atoms with Crippen LogP contribution in [0, 0.1) is 13.8 Å². The number of hydrogen-bond donors (Lipinski definition) is 2. The van der Waals surface area contributed by atoms with Crippen molar-refractivity contribution in [3.63, 3.8) is 0 Å². The predicted octanol–water partition coefficient (Wildman–Crippen LogP) is 3.93. The molecule has 2 aromatic carbocycles. The highest BCUT2D eigenvalue weighted by Crippen LogP contribution is 2.27. The third-order valence-corrected chi connectivity index (χ3v) is 5.22. The third-order valence-electron chi connectivity index (χ3n) is 3.70. The largest absolute Gasteiger partial charge is 0.496 e. The minimum atomic E-state index is -3.65. The first-order chi connectivity index (χ1) is 11.4. The Hall–Kier alpha value is -2.21. The van der Waals surface area contributed by atoms with E-state index >= 15 is 0 Å². The van der Waals surface area contributed by atoms with Gasteiger partial charge in [0.25, 0.3) is 10.0 Å². The molecule has 0 atom stereocenters. The molecule has 0 aliphatic heterocycles. The topological polar surface area (TPSA) is 67.4 Å². The summed E-state index contributed by atoms with van der Waals surface area (Å²) in [7, 11) is -2.08. The predicted molar refractivity (Wildman–Crippen MR) is 98.5 cm³/mol. The van der Waals surface area contributed by atoms with Crippen LogP contribution in [0.15, 0.2) is 41.3 Å². The first-order valence-electron chi connectivity index (χ1n) is 7.89. The summed E-state index contributed by atoms with van der Waals surface area (Å²) in [5.74, 6) is 0.679. The van der Waals surface area contributed by atoms with Gasteiger partial charge >= 0.3 is 0 Å². The second-order valence-electron chi connectivity index (χ2n) is 5.70. The van der Waals surface area contributed by atoms with Crippen LogP contribution < -0.4 is 14.8 Å². The van der Waals surface area contributed by atoms with Crippen LogP contribution in [0.2, 0.25) is 0 Å². The monoisotopic (exact) mass is 348 g/mol. The van der Waals surface area contributed by atoms with Crippen molar-refractivity contribution in [2.45, 2.75) is 32.1 Å². The van der Waals surface area contributed by atoms with Gasteiger partial charge < -0.3 is 10.1 Å². The lowest BCUT2D eigenvalue weighted by molar-refractivity contribution is 0.411. The van der Waals surface area contributed by atoms with Crippen LogP contribution in [0.5, 0.6) is 5.75 Å². The number of hydrogen-bond acceptors (Lipinski definition) is 4. The van der Waals surface area contributed by atoms with Gasteiger partial charge in [-0.25, -0.2) is 8.42 Å². The van der Waals surface area contributed by atoms with Gasteiger partial charge in [-0.05, 0) is 67.8 Å². The van der Waals surface area contributed by atoms with Crippen molar-refractivity contribution in [1.82, 2.24) is 0 Å². The molecule has 0 fully saturated rings. The fraction of sp³-hybridized carbons (Fsp3) is 0.333. The van der Waals surface area contributed by atoms with E-state index in [0.29, 0.717) is 17.0 Å². The molecule has 24 heavy (non-hydrogen) atoms. The highest BCUT2D eigenvalue weighted by atomic mass is 32.2. The number of rotatable bonds is 7. The maximum absolute atomic E-state index is 12.7. The molecule has 0 saturated carbocycles. The van der Waals surface area contributed by atoms with Crippen molar-refractivity contribution in [3.8, 4) is 5.75 Å². The van der Waals surface area contributed by atoms with Crippen molar-refractivity contribution in [3.05, 3.63) is 47.5 Å². The van der Waals surface area contributed by atoms with Crippen LogP contribution in [0.3, 0.4) is 0 Å². The molecule has 0 bridgehead atoms. The first kappa shape index (κ1) is 18.1. The van der Waals surface area contributed by atoms with Crippen LogP contribution >= 0.6 is 0 Å². The van der Waals surface area contributed by atoms with Gasteiger partial charge in [-0.2, -0.15) is 0 Å². The van der Waals surface area contributed by atoms with Crippen molar-refractivity contribution < 1.29 is 13.2 Å². The SMILES string of the molecule is CCCNc1ccc(NS(=O)(=O)c2cc(C)c(OC)cc2C)cc1. The molecule has 5 nitrogen and oxygen atoms in total. The van der Waals surface area contributed by atoms with Gasteiger partial charge in [-0.15, -0.1) is 0 Å². The Bertz CT molecular complexity index is 800. The standard InChI is InChI=1S/C18H24N2O3S/c1-5-10-19-15-6-8-16(9-7-15)20-24(21,22)18-12-13(2)17(23-4)11-14(18)3/h6-9,11-12,19-20H,5,10H2,1-4H3. The molecule has 0 amide bonds. The zero-order chi connectivity index (χ0) is 17.7. The Kier molecular flexibility index (Phi) is 5.72. The molecule has 0 spiro atoms. The summed E-state index contributed by atoms with van der Waals surface area (Å²) in [4.78, 5) is 0.258. The van der Waals surface area contributed by atoms with Crippen LogP contribution in [0.1, 0.15) is 24.5 Å². The Morgan fingerprint density at radius 2 is 1.62 bits per heavy atom. The highest BCUT2D eigenvalue weighted by Gasteiger charge is 2.19. The third kappa shape index (κ3) is 4.20. The number of aryl methyl sites for hydroxylation is 2. The molecular formula is C18H24N2O3S. The van der Waals surface area contributed by atoms with Gasteiger partial charge in [0.05, 0.1) is 12.0 Å². The number of sulfonamides is 1. The van der Waals surface area contributed by atoms with Gasteiger partial charge in [0.15, 0.2) is 0 Å². The molecule has 2 N–H and O–H groups in total. The minimum absolute atomic E-state index is 0.258. The smallest absolute Gasteiger partial charge is 0.262 e. The van der Waals surface area contributed by atoms with E-state index < -0.39 is 10.0 Å². The molecule has 2 aromatic rings. The molecule has 130 valence electrons. The number of nitrogens with one attached hydrogen (secondary N) is 2. The van der Waals surface area contributed by atoms with E-state index in [9.17, 15) is 8.42 Å². The quantitative estimate of drug-likeness (QED) is 0.795. The average Bonchev–Trinajstić information content (AvgIpc) is 2.55. The number of ether oxygens (including phenoxy) is 1. The molecular weight excluding hydrogens is 324 g/mol. The second kappa shape index (κ2) is 7.57. The Morgan fingerprint density at radius 3 is 2.21 bits per heavy atom. The van der Waals surface area contributed by atoms with Crippen LogP contribution in [0.4, 0.5) is 11.4 Å². The van der Waals surface area contributed by atoms with E-state index in [1.807, 2.05) is 19.1 Å². The second-order valence-corrected chi connectivity index (χ2v) is 7.35. The summed E-state index contributed by atoms with van der Waals surface area (Å²) < 4.78 is 33.2. The minimum Gasteiger partial charge on any atom is -0.496 e. The highest BCUT2D eigenvalue weighted by molar-refractivity contribution is 7.92. The normalized spacial score (nSPS) is 11.2. The average molecular weight is 348 g/mol. The van der Waals surface area contributed by atoms with Gasteiger partial charge in [-0.1, -0.05) is 6.92 Å². The van der Waals surface area contributed by atoms with Gasteiger partial charge in [0.2, 0.25) is 0 Å². The van der Waals surface area contributed by atoms with Gasteiger partial charge in [0, 0.05) is 17.9 Å². The van der Waals surface area contributed by atoms with E-state index in [1.54, 1.807) is 38.3 Å². The van der Waals surface area contributed by atoms with Crippen molar-refractivity contribution in [2.75, 3.05) is 23.7 Å². The summed E-state index contributed by atoms with van der Waals surface area (Å²) >= 11 is 0. The van der Waals surface area contributed by atoms with Gasteiger partial charge in [0.1, 0.15) is 5.75 Å². The summed E-state index contributed by atoms with van der Waals surface area (Å²) in [5.41, 5.74) is 2.93. The lowest BCUT2D eigenvalue weighted by Gasteiger charge is -2.14. The van der Waals surface area contributed by atoms with E-state index in [4.69, 9.17) is 4.74 Å². The molecule has 0 aliphatic carbocycles. The summed E-state index contributed by atoms with van der Waals surface area (Å²) in [5, 5.41) is 3.25. The maximum Gasteiger partial charge on any atom is 0.262 e. The van der Waals surface area contributed by atoms with E-state index in [1.165, 1.54) is 0 Å². The van der Waals surface area contributed by atoms with Crippen LogP contribution in [-0.4, -0.2) is 22.1 Å². The van der Waals surface area contributed by atoms with Crippen molar-refractivity contribution in [2.24, 2.45) is 0 Å². The maximum atomic E-state index is 12.7. The Labute approximate surface area is 144 Å². The lowest BCUT2D eigenvalue weighted by atomic mass is 10.1. The van der Waals surface area contributed by atoms with E-state index in [2.05, 4.69) is 17.0 Å². The number of methoxy groups -OCH3 is 1. The zero-order valence-electron chi connectivity index (χ0n) is 14.5. The fourth-order valence-corrected chi connectivity index (χ4v) is 3.78. The van der Waals surface area contributed by atoms with Crippen molar-refractivity contribution in [1.29, 1.82) is 0 Å². The van der Waals surface area contributed by atoms with E-state index in [0.717, 1.165) is 24.2 Å². The molecule has 0 radical (unpaired) electrons. The Morgan fingerprint density at radius 1 is 1.00 bits per heavy atom. The number of benzene rings is 2. The van der Waals surface area contributed by atoms with Crippen molar-refractivity contribution >= 4 is 21.4 Å². The molecule has 0 heterocycles. The summed E-state index contributed by atoms with van der Waals surface area (Å²) in [6, 6.07) is 10.6. The van der Waals surface area contributed by atoms with E-state index in [-0.39, 0.29) is 4.90 Å². The first-order valence-corrected chi connectivity index (χ1v) is 9.37. The molecule has 6 heteroatoms.